The van der Waals surface area contributed by atoms with Crippen LogP contribution in [0.2, 0.25) is 0 Å². The highest BCUT2D eigenvalue weighted by atomic mass is 16.4. The largest absolute Gasteiger partial charge is 0.481 e. The summed E-state index contributed by atoms with van der Waals surface area (Å²) in [5.41, 5.74) is 5.52. The zero-order chi connectivity index (χ0) is 25.2. The van der Waals surface area contributed by atoms with Crippen LogP contribution in [0.3, 0.4) is 0 Å². The molecule has 0 aliphatic heterocycles. The first-order valence-electron chi connectivity index (χ1n) is 10.1. The van der Waals surface area contributed by atoms with Crippen LogP contribution >= 0.6 is 0 Å². The average molecular weight is 463 g/mol. The van der Waals surface area contributed by atoms with Gasteiger partial charge in [0.15, 0.2) is 0 Å². The summed E-state index contributed by atoms with van der Waals surface area (Å²) in [7, 11) is 0. The lowest BCUT2D eigenvalue weighted by molar-refractivity contribution is -0.143. The fraction of sp³-hybridized carbons (Fsp3) is 0.737. The molecule has 0 saturated carbocycles. The zero-order valence-electron chi connectivity index (χ0n) is 18.6. The smallest absolute Gasteiger partial charge is 0.326 e. The van der Waals surface area contributed by atoms with E-state index in [1.54, 1.807) is 13.8 Å². The molecule has 13 heteroatoms. The van der Waals surface area contributed by atoms with Gasteiger partial charge in [-0.2, -0.15) is 0 Å². The fourth-order valence-electron chi connectivity index (χ4n) is 2.64. The monoisotopic (exact) mass is 462 g/mol. The molecule has 0 bridgehead atoms. The van der Waals surface area contributed by atoms with Crippen molar-refractivity contribution in [1.82, 2.24) is 16.0 Å². The van der Waals surface area contributed by atoms with Gasteiger partial charge in [-0.3, -0.25) is 19.2 Å². The summed E-state index contributed by atoms with van der Waals surface area (Å²) in [5.74, 6) is -5.47. The van der Waals surface area contributed by atoms with Gasteiger partial charge in [-0.25, -0.2) is 4.79 Å². The van der Waals surface area contributed by atoms with Crippen LogP contribution in [0.25, 0.3) is 0 Å². The standard InChI is InChI=1S/C19H34N4O9/c1-8(2)7-12(16(28)21-11(19(31)32)5-6-13(26)27)22-18(30)15(10(4)25)23-17(29)14(20)9(3)24/h8-12,14-15,24-25H,5-7,20H2,1-4H3,(H,21,28)(H,22,30)(H,23,29)(H,26,27)(H,31,32). The number of amides is 3. The number of hydrogen-bond acceptors (Lipinski definition) is 8. The van der Waals surface area contributed by atoms with Crippen LogP contribution in [0.15, 0.2) is 0 Å². The zero-order valence-corrected chi connectivity index (χ0v) is 18.6. The molecule has 13 nitrogen and oxygen atoms in total. The van der Waals surface area contributed by atoms with E-state index < -0.39 is 72.5 Å². The fourth-order valence-corrected chi connectivity index (χ4v) is 2.64. The maximum atomic E-state index is 12.7. The van der Waals surface area contributed by atoms with E-state index in [0.29, 0.717) is 0 Å². The first-order chi connectivity index (χ1) is 14.7. The number of aliphatic hydroxyl groups excluding tert-OH is 2. The highest BCUT2D eigenvalue weighted by Crippen LogP contribution is 2.08. The molecule has 0 radical (unpaired) electrons. The van der Waals surface area contributed by atoms with E-state index in [2.05, 4.69) is 16.0 Å². The maximum Gasteiger partial charge on any atom is 0.326 e. The quantitative estimate of drug-likeness (QED) is 0.135. The van der Waals surface area contributed by atoms with E-state index in [-0.39, 0.29) is 18.8 Å². The summed E-state index contributed by atoms with van der Waals surface area (Å²) < 4.78 is 0. The predicted octanol–water partition coefficient (Wildman–Crippen LogP) is -2.47. The molecule has 32 heavy (non-hydrogen) atoms. The molecule has 0 fully saturated rings. The molecule has 9 N–H and O–H groups in total. The summed E-state index contributed by atoms with van der Waals surface area (Å²) in [5, 5.41) is 44.1. The lowest BCUT2D eigenvalue weighted by Crippen LogP contribution is -2.60. The Morgan fingerprint density at radius 2 is 1.31 bits per heavy atom. The molecule has 6 atom stereocenters. The normalized spacial score (nSPS) is 16.8. The number of carbonyl (C=O) groups is 5. The third-order valence-corrected chi connectivity index (χ3v) is 4.49. The Morgan fingerprint density at radius 1 is 0.781 bits per heavy atom. The second-order valence-electron chi connectivity index (χ2n) is 8.02. The van der Waals surface area contributed by atoms with Gasteiger partial charge in [0, 0.05) is 6.42 Å². The van der Waals surface area contributed by atoms with Gasteiger partial charge in [0.05, 0.1) is 12.2 Å². The Hall–Kier alpha value is -2.77. The molecule has 0 aliphatic carbocycles. The molecule has 0 aromatic heterocycles. The Kier molecular flexibility index (Phi) is 12.4. The van der Waals surface area contributed by atoms with Crippen molar-refractivity contribution in [3.05, 3.63) is 0 Å². The molecule has 0 saturated heterocycles. The minimum absolute atomic E-state index is 0.0938. The summed E-state index contributed by atoms with van der Waals surface area (Å²) >= 11 is 0. The molecule has 3 amide bonds. The summed E-state index contributed by atoms with van der Waals surface area (Å²) in [6, 6.07) is -5.57. The Labute approximate surface area is 185 Å². The van der Waals surface area contributed by atoms with E-state index >= 15 is 0 Å². The van der Waals surface area contributed by atoms with Gasteiger partial charge in [0.2, 0.25) is 17.7 Å². The predicted molar refractivity (Wildman–Crippen MR) is 111 cm³/mol. The van der Waals surface area contributed by atoms with Gasteiger partial charge in [-0.1, -0.05) is 13.8 Å². The van der Waals surface area contributed by atoms with Crippen molar-refractivity contribution in [2.75, 3.05) is 0 Å². The first-order valence-corrected chi connectivity index (χ1v) is 10.1. The second-order valence-corrected chi connectivity index (χ2v) is 8.02. The molecular formula is C19H34N4O9. The van der Waals surface area contributed by atoms with Crippen LogP contribution in [-0.4, -0.2) is 86.5 Å². The number of carboxylic acids is 2. The van der Waals surface area contributed by atoms with Crippen LogP contribution in [0.4, 0.5) is 0 Å². The minimum atomic E-state index is -1.50. The molecular weight excluding hydrogens is 428 g/mol. The van der Waals surface area contributed by atoms with Crippen LogP contribution in [0.5, 0.6) is 0 Å². The molecule has 0 aromatic rings. The molecule has 0 rings (SSSR count). The van der Waals surface area contributed by atoms with Gasteiger partial charge in [-0.05, 0) is 32.6 Å². The Bertz CT molecular complexity index is 682. The molecule has 0 spiro atoms. The molecule has 6 unspecified atom stereocenters. The van der Waals surface area contributed by atoms with Gasteiger partial charge >= 0.3 is 11.9 Å². The molecule has 0 aromatic carbocycles. The molecule has 184 valence electrons. The van der Waals surface area contributed by atoms with Gasteiger partial charge in [0.25, 0.3) is 0 Å². The number of carboxylic acid groups (broad SMARTS) is 2. The number of aliphatic hydroxyl groups is 2. The van der Waals surface area contributed by atoms with Crippen molar-refractivity contribution in [3.8, 4) is 0 Å². The van der Waals surface area contributed by atoms with E-state index in [0.717, 1.165) is 0 Å². The van der Waals surface area contributed by atoms with Crippen molar-refractivity contribution in [3.63, 3.8) is 0 Å². The lowest BCUT2D eigenvalue weighted by atomic mass is 10.0. The van der Waals surface area contributed by atoms with Crippen molar-refractivity contribution < 1.29 is 44.4 Å². The van der Waals surface area contributed by atoms with E-state index in [4.69, 9.17) is 10.8 Å². The van der Waals surface area contributed by atoms with Crippen LogP contribution < -0.4 is 21.7 Å². The second kappa shape index (κ2) is 13.6. The summed E-state index contributed by atoms with van der Waals surface area (Å²) in [4.78, 5) is 59.4. The first kappa shape index (κ1) is 29.2. The summed E-state index contributed by atoms with van der Waals surface area (Å²) in [6.45, 7) is 6.00. The third-order valence-electron chi connectivity index (χ3n) is 4.49. The number of nitrogens with two attached hydrogens (primary N) is 1. The van der Waals surface area contributed by atoms with Crippen molar-refractivity contribution in [1.29, 1.82) is 0 Å². The number of rotatable bonds is 14. The van der Waals surface area contributed by atoms with Gasteiger partial charge < -0.3 is 42.1 Å². The molecule has 0 aliphatic rings. The average Bonchev–Trinajstić information content (AvgIpc) is 2.66. The Balaban J connectivity index is 5.45. The number of hydrogen-bond donors (Lipinski definition) is 8. The van der Waals surface area contributed by atoms with E-state index in [9.17, 15) is 39.3 Å². The van der Waals surface area contributed by atoms with Crippen LogP contribution in [-0.2, 0) is 24.0 Å². The highest BCUT2D eigenvalue weighted by molar-refractivity contribution is 5.94. The summed E-state index contributed by atoms with van der Waals surface area (Å²) in [6.07, 6.45) is -3.35. The highest BCUT2D eigenvalue weighted by Gasteiger charge is 2.33. The van der Waals surface area contributed by atoms with E-state index in [1.807, 2.05) is 0 Å². The van der Waals surface area contributed by atoms with E-state index in [1.165, 1.54) is 13.8 Å². The van der Waals surface area contributed by atoms with Gasteiger partial charge in [-0.15, -0.1) is 0 Å². The number of carbonyl (C=O) groups excluding carboxylic acids is 3. The SMILES string of the molecule is CC(C)CC(NC(=O)C(NC(=O)C(N)C(C)O)C(C)O)C(=O)NC(CCC(=O)O)C(=O)O. The topological polar surface area (TPSA) is 228 Å². The Morgan fingerprint density at radius 3 is 1.72 bits per heavy atom. The van der Waals surface area contributed by atoms with Crippen LogP contribution in [0, 0.1) is 5.92 Å². The third kappa shape index (κ3) is 10.5. The minimum Gasteiger partial charge on any atom is -0.481 e. The van der Waals surface area contributed by atoms with Crippen molar-refractivity contribution in [2.45, 2.75) is 83.3 Å². The maximum absolute atomic E-state index is 12.7. The number of nitrogens with one attached hydrogen (secondary N) is 3. The van der Waals surface area contributed by atoms with Crippen molar-refractivity contribution >= 4 is 29.7 Å². The molecule has 0 heterocycles. The van der Waals surface area contributed by atoms with Crippen molar-refractivity contribution in [2.24, 2.45) is 11.7 Å². The lowest BCUT2D eigenvalue weighted by Gasteiger charge is -2.27. The number of aliphatic carboxylic acids is 2. The van der Waals surface area contributed by atoms with Crippen LogP contribution in [0.1, 0.15) is 47.0 Å². The van der Waals surface area contributed by atoms with Gasteiger partial charge in [0.1, 0.15) is 24.2 Å².